The Morgan fingerprint density at radius 1 is 1.43 bits per heavy atom. The minimum absolute atomic E-state index is 0.216. The number of benzene rings is 1. The van der Waals surface area contributed by atoms with Crippen LogP contribution in [0.5, 0.6) is 5.75 Å². The van der Waals surface area contributed by atoms with Crippen LogP contribution >= 0.6 is 11.6 Å². The molecule has 1 heterocycles. The van der Waals surface area contributed by atoms with Gasteiger partial charge in [0.2, 0.25) is 0 Å². The number of rotatable bonds is 4. The first-order valence-electron chi connectivity index (χ1n) is 6.76. The molecule has 2 rings (SSSR count). The average Bonchev–Trinajstić information content (AvgIpc) is 2.86. The molecule has 1 aromatic carbocycles. The lowest BCUT2D eigenvalue weighted by Gasteiger charge is -2.30. The minimum Gasteiger partial charge on any atom is -0.481 e. The predicted octanol–water partition coefficient (Wildman–Crippen LogP) is 2.43. The fraction of sp³-hybridized carbons (Fsp3) is 0.467. The zero-order valence-electron chi connectivity index (χ0n) is 12.0. The summed E-state index contributed by atoms with van der Waals surface area (Å²) in [6.45, 7) is 4.02. The molecule has 1 aromatic rings. The summed E-state index contributed by atoms with van der Waals surface area (Å²) >= 11 is 5.89. The third-order valence-electron chi connectivity index (χ3n) is 3.51. The molecule has 0 aliphatic carbocycles. The van der Waals surface area contributed by atoms with Crippen molar-refractivity contribution >= 4 is 23.5 Å². The molecule has 0 aromatic heterocycles. The van der Waals surface area contributed by atoms with E-state index in [0.29, 0.717) is 23.7 Å². The number of likely N-dealkylation sites (tertiary alicyclic amines) is 1. The Bertz CT molecular complexity index is 558. The monoisotopic (exact) mass is 311 g/mol. The Balaban J connectivity index is 2.05. The topological polar surface area (TPSA) is 66.8 Å². The van der Waals surface area contributed by atoms with Gasteiger partial charge in [0.25, 0.3) is 5.91 Å². The van der Waals surface area contributed by atoms with E-state index < -0.39 is 17.5 Å². The fourth-order valence-electron chi connectivity index (χ4n) is 2.40. The van der Waals surface area contributed by atoms with Crippen LogP contribution in [0.1, 0.15) is 20.3 Å². The van der Waals surface area contributed by atoms with Gasteiger partial charge in [0.15, 0.2) is 5.60 Å². The number of hydrogen-bond acceptors (Lipinski definition) is 3. The number of carbonyl (C=O) groups is 2. The number of amides is 1. The van der Waals surface area contributed by atoms with Gasteiger partial charge in [-0.25, -0.2) is 0 Å². The first-order valence-corrected chi connectivity index (χ1v) is 7.14. The highest BCUT2D eigenvalue weighted by molar-refractivity contribution is 6.30. The van der Waals surface area contributed by atoms with Crippen molar-refractivity contribution in [1.29, 1.82) is 0 Å². The van der Waals surface area contributed by atoms with Crippen LogP contribution in [0.25, 0.3) is 0 Å². The van der Waals surface area contributed by atoms with Crippen molar-refractivity contribution < 1.29 is 19.4 Å². The minimum atomic E-state index is -1.07. The molecule has 114 valence electrons. The molecule has 1 aliphatic rings. The van der Waals surface area contributed by atoms with Crippen molar-refractivity contribution in [2.45, 2.75) is 25.9 Å². The van der Waals surface area contributed by atoms with Crippen LogP contribution in [0.15, 0.2) is 24.3 Å². The Kier molecular flexibility index (Phi) is 4.42. The summed E-state index contributed by atoms with van der Waals surface area (Å²) in [6, 6.07) is 6.83. The number of carbonyl (C=O) groups excluding carboxylic acids is 1. The van der Waals surface area contributed by atoms with Crippen LogP contribution in [0, 0.1) is 5.92 Å². The van der Waals surface area contributed by atoms with Crippen molar-refractivity contribution in [1.82, 2.24) is 4.90 Å². The van der Waals surface area contributed by atoms with Gasteiger partial charge in [-0.3, -0.25) is 9.59 Å². The zero-order chi connectivity index (χ0) is 15.6. The number of ether oxygens (including phenoxy) is 1. The van der Waals surface area contributed by atoms with Gasteiger partial charge in [0, 0.05) is 18.1 Å². The van der Waals surface area contributed by atoms with Crippen LogP contribution in [-0.2, 0) is 9.59 Å². The van der Waals surface area contributed by atoms with Gasteiger partial charge in [-0.15, -0.1) is 0 Å². The lowest BCUT2D eigenvalue weighted by molar-refractivity contribution is -0.145. The number of halogens is 1. The molecule has 0 bridgehead atoms. The third-order valence-corrected chi connectivity index (χ3v) is 3.74. The molecule has 0 radical (unpaired) electrons. The quantitative estimate of drug-likeness (QED) is 0.927. The lowest BCUT2D eigenvalue weighted by atomic mass is 10.1. The van der Waals surface area contributed by atoms with Crippen LogP contribution in [0.4, 0.5) is 0 Å². The molecule has 0 saturated carbocycles. The molecule has 1 aliphatic heterocycles. The molecule has 0 spiro atoms. The fourth-order valence-corrected chi connectivity index (χ4v) is 2.58. The van der Waals surface area contributed by atoms with Crippen molar-refractivity contribution in [2.24, 2.45) is 5.92 Å². The molecular formula is C15H18ClNO4. The SMILES string of the molecule is CC(C)(Oc1cccc(Cl)c1)C(=O)N1CCC(C(=O)O)C1. The Morgan fingerprint density at radius 2 is 2.14 bits per heavy atom. The molecule has 21 heavy (non-hydrogen) atoms. The summed E-state index contributed by atoms with van der Waals surface area (Å²) < 4.78 is 5.73. The first kappa shape index (κ1) is 15.6. The maximum absolute atomic E-state index is 12.5. The van der Waals surface area contributed by atoms with Gasteiger partial charge in [-0.2, -0.15) is 0 Å². The van der Waals surface area contributed by atoms with E-state index in [1.54, 1.807) is 43.0 Å². The summed E-state index contributed by atoms with van der Waals surface area (Å²) in [4.78, 5) is 25.0. The number of nitrogens with zero attached hydrogens (tertiary/aromatic N) is 1. The van der Waals surface area contributed by atoms with Crippen molar-refractivity contribution in [2.75, 3.05) is 13.1 Å². The van der Waals surface area contributed by atoms with E-state index in [-0.39, 0.29) is 12.5 Å². The van der Waals surface area contributed by atoms with Crippen LogP contribution in [0.2, 0.25) is 5.02 Å². The number of carboxylic acids is 1. The highest BCUT2D eigenvalue weighted by atomic mass is 35.5. The number of carboxylic acid groups (broad SMARTS) is 1. The summed E-state index contributed by atoms with van der Waals surface area (Å²) in [6.07, 6.45) is 0.480. The Morgan fingerprint density at radius 3 is 2.71 bits per heavy atom. The second kappa shape index (κ2) is 5.93. The molecule has 1 N–H and O–H groups in total. The first-order chi connectivity index (χ1) is 9.79. The smallest absolute Gasteiger partial charge is 0.308 e. The van der Waals surface area contributed by atoms with Gasteiger partial charge in [0.05, 0.1) is 5.92 Å². The Hall–Kier alpha value is -1.75. The summed E-state index contributed by atoms with van der Waals surface area (Å²) in [7, 11) is 0. The average molecular weight is 312 g/mol. The van der Waals surface area contributed by atoms with E-state index in [1.807, 2.05) is 0 Å². The van der Waals surface area contributed by atoms with E-state index >= 15 is 0 Å². The Labute approximate surface area is 128 Å². The maximum atomic E-state index is 12.5. The van der Waals surface area contributed by atoms with Crippen molar-refractivity contribution in [3.05, 3.63) is 29.3 Å². The van der Waals surface area contributed by atoms with Gasteiger partial charge in [0.1, 0.15) is 5.75 Å². The molecule has 1 saturated heterocycles. The van der Waals surface area contributed by atoms with E-state index in [2.05, 4.69) is 0 Å². The third kappa shape index (κ3) is 3.67. The standard InChI is InChI=1S/C15H18ClNO4/c1-15(2,21-12-5-3-4-11(16)8-12)14(20)17-7-6-10(9-17)13(18)19/h3-5,8,10H,6-7,9H2,1-2H3,(H,18,19). The molecular weight excluding hydrogens is 294 g/mol. The second-order valence-electron chi connectivity index (χ2n) is 5.64. The van der Waals surface area contributed by atoms with E-state index in [9.17, 15) is 9.59 Å². The van der Waals surface area contributed by atoms with Gasteiger partial charge in [-0.1, -0.05) is 17.7 Å². The molecule has 1 fully saturated rings. The second-order valence-corrected chi connectivity index (χ2v) is 6.08. The summed E-state index contributed by atoms with van der Waals surface area (Å²) in [5, 5.41) is 9.53. The molecule has 6 heteroatoms. The highest BCUT2D eigenvalue weighted by Gasteiger charge is 2.39. The number of aliphatic carboxylic acids is 1. The zero-order valence-corrected chi connectivity index (χ0v) is 12.8. The van der Waals surface area contributed by atoms with Gasteiger partial charge in [-0.05, 0) is 38.5 Å². The van der Waals surface area contributed by atoms with Crippen LogP contribution in [0.3, 0.4) is 0 Å². The van der Waals surface area contributed by atoms with Gasteiger partial charge >= 0.3 is 5.97 Å². The normalized spacial score (nSPS) is 18.6. The van der Waals surface area contributed by atoms with Gasteiger partial charge < -0.3 is 14.7 Å². The van der Waals surface area contributed by atoms with Crippen LogP contribution < -0.4 is 4.74 Å². The number of hydrogen-bond donors (Lipinski definition) is 1. The molecule has 5 nitrogen and oxygen atoms in total. The van der Waals surface area contributed by atoms with E-state index in [4.69, 9.17) is 21.4 Å². The van der Waals surface area contributed by atoms with Crippen LogP contribution in [-0.4, -0.2) is 40.6 Å². The van der Waals surface area contributed by atoms with Crippen molar-refractivity contribution in [3.8, 4) is 5.75 Å². The van der Waals surface area contributed by atoms with Crippen molar-refractivity contribution in [3.63, 3.8) is 0 Å². The van der Waals surface area contributed by atoms with E-state index in [0.717, 1.165) is 0 Å². The van der Waals surface area contributed by atoms with E-state index in [1.165, 1.54) is 0 Å². The highest BCUT2D eigenvalue weighted by Crippen LogP contribution is 2.26. The lowest BCUT2D eigenvalue weighted by Crippen LogP contribution is -2.48. The largest absolute Gasteiger partial charge is 0.481 e. The maximum Gasteiger partial charge on any atom is 0.308 e. The molecule has 1 unspecified atom stereocenters. The molecule has 1 amide bonds. The predicted molar refractivity (Wildman–Crippen MR) is 78.5 cm³/mol. The summed E-state index contributed by atoms with van der Waals surface area (Å²) in [5.74, 6) is -1.06. The molecule has 1 atom stereocenters. The summed E-state index contributed by atoms with van der Waals surface area (Å²) in [5.41, 5.74) is -1.07.